The van der Waals surface area contributed by atoms with E-state index in [1.165, 1.54) is 42.6 Å². The summed E-state index contributed by atoms with van der Waals surface area (Å²) in [7, 11) is 4.20. The van der Waals surface area contributed by atoms with Crippen LogP contribution in [0.5, 0.6) is 0 Å². The Bertz CT molecular complexity index is 352. The molecule has 88 valence electrons. The van der Waals surface area contributed by atoms with Gasteiger partial charge in [0.25, 0.3) is 0 Å². The van der Waals surface area contributed by atoms with Crippen LogP contribution in [0.4, 0.5) is 11.4 Å². The molecule has 0 aliphatic heterocycles. The van der Waals surface area contributed by atoms with Gasteiger partial charge in [-0.1, -0.05) is 18.9 Å². The zero-order valence-corrected chi connectivity index (χ0v) is 10.6. The number of nitrogens with zero attached hydrogens (tertiary/aromatic N) is 1. The van der Waals surface area contributed by atoms with Gasteiger partial charge in [0.1, 0.15) is 0 Å². The van der Waals surface area contributed by atoms with E-state index in [2.05, 4.69) is 49.4 Å². The first-order valence-corrected chi connectivity index (χ1v) is 6.21. The first-order chi connectivity index (χ1) is 7.66. The minimum absolute atomic E-state index is 0.692. The lowest BCUT2D eigenvalue weighted by Gasteiger charge is -2.19. The van der Waals surface area contributed by atoms with E-state index in [1.54, 1.807) is 0 Å². The summed E-state index contributed by atoms with van der Waals surface area (Å²) in [6.45, 7) is 2.16. The normalized spacial score (nSPS) is 16.4. The maximum absolute atomic E-state index is 3.64. The maximum atomic E-state index is 3.64. The van der Waals surface area contributed by atoms with Crippen molar-refractivity contribution in [3.8, 4) is 0 Å². The lowest BCUT2D eigenvalue weighted by atomic mass is 10.1. The minimum Gasteiger partial charge on any atom is -0.382 e. The molecule has 1 aliphatic carbocycles. The van der Waals surface area contributed by atoms with Crippen molar-refractivity contribution in [2.24, 2.45) is 0 Å². The van der Waals surface area contributed by atoms with Crippen molar-refractivity contribution in [2.75, 3.05) is 24.3 Å². The summed E-state index contributed by atoms with van der Waals surface area (Å²) >= 11 is 0. The van der Waals surface area contributed by atoms with Crippen LogP contribution < -0.4 is 10.2 Å². The highest BCUT2D eigenvalue weighted by Crippen LogP contribution is 2.26. The number of nitrogens with one attached hydrogen (secondary N) is 1. The molecule has 0 atom stereocenters. The van der Waals surface area contributed by atoms with Gasteiger partial charge in [-0.05, 0) is 37.5 Å². The van der Waals surface area contributed by atoms with Gasteiger partial charge in [-0.3, -0.25) is 0 Å². The van der Waals surface area contributed by atoms with Crippen LogP contribution in [0.15, 0.2) is 18.2 Å². The van der Waals surface area contributed by atoms with Crippen molar-refractivity contribution in [3.05, 3.63) is 23.8 Å². The molecular weight excluding hydrogens is 196 g/mol. The number of aryl methyl sites for hydroxylation is 1. The Kier molecular flexibility index (Phi) is 3.37. The SMILES string of the molecule is Cc1ccc(NC2CCCC2)cc1N(C)C. The smallest absolute Gasteiger partial charge is 0.0411 e. The first-order valence-electron chi connectivity index (χ1n) is 6.21. The fourth-order valence-electron chi connectivity index (χ4n) is 2.49. The molecule has 0 aromatic heterocycles. The van der Waals surface area contributed by atoms with E-state index < -0.39 is 0 Å². The van der Waals surface area contributed by atoms with Gasteiger partial charge in [-0.25, -0.2) is 0 Å². The van der Waals surface area contributed by atoms with Crippen molar-refractivity contribution in [2.45, 2.75) is 38.6 Å². The number of hydrogen-bond acceptors (Lipinski definition) is 2. The first kappa shape index (κ1) is 11.3. The summed E-state index contributed by atoms with van der Waals surface area (Å²) in [5.74, 6) is 0. The molecule has 1 aromatic carbocycles. The van der Waals surface area contributed by atoms with E-state index in [0.717, 1.165) is 0 Å². The van der Waals surface area contributed by atoms with Gasteiger partial charge in [0.05, 0.1) is 0 Å². The van der Waals surface area contributed by atoms with Gasteiger partial charge in [-0.15, -0.1) is 0 Å². The molecule has 0 spiro atoms. The van der Waals surface area contributed by atoms with Crippen LogP contribution in [0.25, 0.3) is 0 Å². The van der Waals surface area contributed by atoms with E-state index in [0.29, 0.717) is 6.04 Å². The highest BCUT2D eigenvalue weighted by molar-refractivity contribution is 5.62. The zero-order valence-electron chi connectivity index (χ0n) is 10.6. The third-order valence-corrected chi connectivity index (χ3v) is 3.42. The molecule has 1 N–H and O–H groups in total. The van der Waals surface area contributed by atoms with Gasteiger partial charge in [0, 0.05) is 31.5 Å². The number of benzene rings is 1. The maximum Gasteiger partial charge on any atom is 0.0411 e. The number of rotatable bonds is 3. The summed E-state index contributed by atoms with van der Waals surface area (Å²) in [4.78, 5) is 2.18. The molecule has 0 heterocycles. The zero-order chi connectivity index (χ0) is 11.5. The van der Waals surface area contributed by atoms with Crippen molar-refractivity contribution in [1.29, 1.82) is 0 Å². The standard InChI is InChI=1S/C14H22N2/c1-11-8-9-13(10-14(11)16(2)3)15-12-6-4-5-7-12/h8-10,12,15H,4-7H2,1-3H3. The van der Waals surface area contributed by atoms with E-state index in [-0.39, 0.29) is 0 Å². The molecule has 2 nitrogen and oxygen atoms in total. The summed E-state index contributed by atoms with van der Waals surface area (Å²) in [5.41, 5.74) is 3.91. The van der Waals surface area contributed by atoms with E-state index in [4.69, 9.17) is 0 Å². The van der Waals surface area contributed by atoms with Crippen molar-refractivity contribution >= 4 is 11.4 Å². The minimum atomic E-state index is 0.692. The van der Waals surface area contributed by atoms with Crippen LogP contribution in [0.1, 0.15) is 31.2 Å². The monoisotopic (exact) mass is 218 g/mol. The molecule has 2 rings (SSSR count). The second-order valence-electron chi connectivity index (χ2n) is 5.02. The topological polar surface area (TPSA) is 15.3 Å². The Labute approximate surface area is 98.7 Å². The highest BCUT2D eigenvalue weighted by Gasteiger charge is 2.14. The Morgan fingerprint density at radius 1 is 1.19 bits per heavy atom. The third kappa shape index (κ3) is 2.49. The van der Waals surface area contributed by atoms with Gasteiger partial charge in [0.15, 0.2) is 0 Å². The van der Waals surface area contributed by atoms with Gasteiger partial charge in [-0.2, -0.15) is 0 Å². The molecule has 0 radical (unpaired) electrons. The highest BCUT2D eigenvalue weighted by atomic mass is 15.1. The summed E-state index contributed by atoms with van der Waals surface area (Å²) in [6.07, 6.45) is 5.41. The molecular formula is C14H22N2. The summed E-state index contributed by atoms with van der Waals surface area (Å²) < 4.78 is 0. The Balaban J connectivity index is 2.12. The molecule has 0 unspecified atom stereocenters. The van der Waals surface area contributed by atoms with Crippen molar-refractivity contribution in [3.63, 3.8) is 0 Å². The molecule has 1 fully saturated rings. The molecule has 0 amide bonds. The van der Waals surface area contributed by atoms with E-state index in [9.17, 15) is 0 Å². The Hall–Kier alpha value is -1.18. The average molecular weight is 218 g/mol. The van der Waals surface area contributed by atoms with Crippen LogP contribution in [0.3, 0.4) is 0 Å². The molecule has 1 aliphatic rings. The van der Waals surface area contributed by atoms with Gasteiger partial charge < -0.3 is 10.2 Å². The lowest BCUT2D eigenvalue weighted by molar-refractivity contribution is 0.755. The van der Waals surface area contributed by atoms with Crippen LogP contribution in [-0.4, -0.2) is 20.1 Å². The second-order valence-corrected chi connectivity index (χ2v) is 5.02. The molecule has 0 bridgehead atoms. The van der Waals surface area contributed by atoms with Crippen molar-refractivity contribution in [1.82, 2.24) is 0 Å². The van der Waals surface area contributed by atoms with Gasteiger partial charge >= 0.3 is 0 Å². The largest absolute Gasteiger partial charge is 0.382 e. The Morgan fingerprint density at radius 2 is 1.88 bits per heavy atom. The fraction of sp³-hybridized carbons (Fsp3) is 0.571. The number of anilines is 2. The number of hydrogen-bond donors (Lipinski definition) is 1. The molecule has 16 heavy (non-hydrogen) atoms. The third-order valence-electron chi connectivity index (χ3n) is 3.42. The van der Waals surface area contributed by atoms with Crippen LogP contribution in [0.2, 0.25) is 0 Å². The average Bonchev–Trinajstić information content (AvgIpc) is 2.73. The molecule has 0 saturated heterocycles. The van der Waals surface area contributed by atoms with Crippen LogP contribution >= 0.6 is 0 Å². The Morgan fingerprint density at radius 3 is 2.50 bits per heavy atom. The predicted octanol–water partition coefficient (Wildman–Crippen LogP) is 3.42. The van der Waals surface area contributed by atoms with Crippen molar-refractivity contribution < 1.29 is 0 Å². The molecule has 1 aromatic rings. The predicted molar refractivity (Wildman–Crippen MR) is 71.4 cm³/mol. The summed E-state index contributed by atoms with van der Waals surface area (Å²) in [6, 6.07) is 7.35. The lowest BCUT2D eigenvalue weighted by Crippen LogP contribution is -2.16. The molecule has 1 saturated carbocycles. The molecule has 2 heteroatoms. The summed E-state index contributed by atoms with van der Waals surface area (Å²) in [5, 5.41) is 3.64. The quantitative estimate of drug-likeness (QED) is 0.836. The fourth-order valence-corrected chi connectivity index (χ4v) is 2.49. The second kappa shape index (κ2) is 4.77. The van der Waals surface area contributed by atoms with Gasteiger partial charge in [0.2, 0.25) is 0 Å². The van der Waals surface area contributed by atoms with E-state index >= 15 is 0 Å². The van der Waals surface area contributed by atoms with Crippen LogP contribution in [0, 0.1) is 6.92 Å². The van der Waals surface area contributed by atoms with Crippen LogP contribution in [-0.2, 0) is 0 Å². The van der Waals surface area contributed by atoms with E-state index in [1.807, 2.05) is 0 Å².